The summed E-state index contributed by atoms with van der Waals surface area (Å²) in [5.41, 5.74) is 16.2. The number of esters is 2. The molecule has 0 bridgehead atoms. The van der Waals surface area contributed by atoms with Crippen LogP contribution in [0.1, 0.15) is 12.8 Å². The van der Waals surface area contributed by atoms with Gasteiger partial charge in [0.1, 0.15) is 11.8 Å². The summed E-state index contributed by atoms with van der Waals surface area (Å²) in [5.74, 6) is -2.59. The number of hydrazone groups is 2. The third-order valence-electron chi connectivity index (χ3n) is 3.22. The van der Waals surface area contributed by atoms with Crippen molar-refractivity contribution >= 4 is 58.0 Å². The Kier molecular flexibility index (Phi) is 7.45. The van der Waals surface area contributed by atoms with Gasteiger partial charge in [0, 0.05) is 12.8 Å². The molecule has 1 rings (SSSR count). The molecule has 0 aromatic heterocycles. The molecule has 0 unspecified atom stereocenters. The van der Waals surface area contributed by atoms with E-state index in [4.69, 9.17) is 20.9 Å². The normalized spacial score (nSPS) is 23.4. The molecular formula is C12H18N6O4S2. The van der Waals surface area contributed by atoms with E-state index >= 15 is 0 Å². The molecule has 12 heteroatoms. The Bertz CT molecular complexity index is 554. The van der Waals surface area contributed by atoms with Crippen molar-refractivity contribution in [1.29, 1.82) is 0 Å². The molecule has 0 spiro atoms. The minimum atomic E-state index is -0.760. The average Bonchev–Trinajstić information content (AvgIpc) is 2.56. The van der Waals surface area contributed by atoms with Crippen molar-refractivity contribution in [2.24, 2.45) is 33.5 Å². The summed E-state index contributed by atoms with van der Waals surface area (Å²) in [6, 6.07) is 0. The van der Waals surface area contributed by atoms with Crippen LogP contribution in [0.25, 0.3) is 0 Å². The first kappa shape index (κ1) is 19.7. The maximum atomic E-state index is 12.0. The predicted octanol–water partition coefficient (Wildman–Crippen LogP) is -1.26. The Labute approximate surface area is 149 Å². The minimum Gasteiger partial charge on any atom is -0.469 e. The zero-order valence-electron chi connectivity index (χ0n) is 13.1. The molecule has 0 aromatic carbocycles. The molecule has 0 aromatic rings. The highest BCUT2D eigenvalue weighted by Gasteiger charge is 2.40. The van der Waals surface area contributed by atoms with E-state index in [0.717, 1.165) is 0 Å². The lowest BCUT2D eigenvalue weighted by Crippen LogP contribution is -2.43. The Morgan fingerprint density at radius 1 is 0.958 bits per heavy atom. The Morgan fingerprint density at radius 2 is 1.29 bits per heavy atom. The quantitative estimate of drug-likeness (QED) is 0.266. The van der Waals surface area contributed by atoms with E-state index in [-0.39, 0.29) is 23.1 Å². The molecule has 1 aliphatic rings. The van der Waals surface area contributed by atoms with E-state index in [1.54, 1.807) is 0 Å². The van der Waals surface area contributed by atoms with Gasteiger partial charge in [-0.3, -0.25) is 20.4 Å². The summed E-state index contributed by atoms with van der Waals surface area (Å²) in [4.78, 5) is 24.0. The summed E-state index contributed by atoms with van der Waals surface area (Å²) in [5, 5.41) is 7.84. The van der Waals surface area contributed by atoms with Crippen LogP contribution in [-0.2, 0) is 19.1 Å². The van der Waals surface area contributed by atoms with Crippen molar-refractivity contribution in [3.8, 4) is 0 Å². The fourth-order valence-electron chi connectivity index (χ4n) is 2.16. The van der Waals surface area contributed by atoms with Gasteiger partial charge in [0.25, 0.3) is 0 Å². The number of nitrogens with one attached hydrogen (secondary N) is 2. The largest absolute Gasteiger partial charge is 0.469 e. The molecule has 2 atom stereocenters. The number of carbonyl (C=O) groups is 2. The molecule has 1 aliphatic carbocycles. The average molecular weight is 374 g/mol. The second-order valence-corrected chi connectivity index (χ2v) is 5.60. The van der Waals surface area contributed by atoms with Gasteiger partial charge in [-0.05, 0) is 24.4 Å². The third kappa shape index (κ3) is 5.38. The number of hydrogen-bond acceptors (Lipinski definition) is 8. The van der Waals surface area contributed by atoms with E-state index in [2.05, 4.69) is 45.5 Å². The van der Waals surface area contributed by atoms with Crippen molar-refractivity contribution in [3.05, 3.63) is 0 Å². The van der Waals surface area contributed by atoms with Gasteiger partial charge in [-0.1, -0.05) is 0 Å². The van der Waals surface area contributed by atoms with E-state index < -0.39 is 23.8 Å². The number of hydrogen-bond donors (Lipinski definition) is 4. The van der Waals surface area contributed by atoms with Crippen LogP contribution in [0.15, 0.2) is 10.2 Å². The number of nitrogens with two attached hydrogens (primary N) is 2. The number of carbonyl (C=O) groups excluding carboxylic acids is 2. The number of methoxy groups -OCH3 is 2. The molecule has 0 radical (unpaired) electrons. The smallest absolute Gasteiger partial charge is 0.314 e. The lowest BCUT2D eigenvalue weighted by molar-refractivity contribution is -0.145. The molecule has 0 heterocycles. The van der Waals surface area contributed by atoms with Crippen molar-refractivity contribution < 1.29 is 19.1 Å². The maximum Gasteiger partial charge on any atom is 0.314 e. The monoisotopic (exact) mass is 374 g/mol. The Balaban J connectivity index is 3.19. The first-order valence-electron chi connectivity index (χ1n) is 6.69. The van der Waals surface area contributed by atoms with Crippen LogP contribution in [0.4, 0.5) is 0 Å². The van der Waals surface area contributed by atoms with Gasteiger partial charge in [-0.15, -0.1) is 0 Å². The summed E-state index contributed by atoms with van der Waals surface area (Å²) < 4.78 is 9.54. The zero-order chi connectivity index (χ0) is 18.3. The minimum absolute atomic E-state index is 0.0693. The summed E-state index contributed by atoms with van der Waals surface area (Å²) in [6.45, 7) is 0. The molecule has 1 fully saturated rings. The number of rotatable bonds is 4. The first-order valence-corrected chi connectivity index (χ1v) is 7.51. The van der Waals surface area contributed by atoms with Crippen LogP contribution in [0, 0.1) is 11.8 Å². The van der Waals surface area contributed by atoms with Gasteiger partial charge in [-0.25, -0.2) is 0 Å². The highest BCUT2D eigenvalue weighted by molar-refractivity contribution is 7.80. The van der Waals surface area contributed by atoms with E-state index in [1.807, 2.05) is 0 Å². The molecular weight excluding hydrogens is 356 g/mol. The summed E-state index contributed by atoms with van der Waals surface area (Å²) in [7, 11) is 2.49. The van der Waals surface area contributed by atoms with E-state index in [9.17, 15) is 9.59 Å². The van der Waals surface area contributed by atoms with Crippen molar-refractivity contribution in [1.82, 2.24) is 10.9 Å². The van der Waals surface area contributed by atoms with Crippen LogP contribution < -0.4 is 22.3 Å². The molecule has 24 heavy (non-hydrogen) atoms. The molecule has 132 valence electrons. The fourth-order valence-corrected chi connectivity index (χ4v) is 2.25. The van der Waals surface area contributed by atoms with Crippen LogP contribution >= 0.6 is 24.4 Å². The molecule has 10 nitrogen and oxygen atoms in total. The summed E-state index contributed by atoms with van der Waals surface area (Å²) >= 11 is 9.37. The van der Waals surface area contributed by atoms with Gasteiger partial charge < -0.3 is 20.9 Å². The highest BCUT2D eigenvalue weighted by Crippen LogP contribution is 2.27. The zero-order valence-corrected chi connectivity index (χ0v) is 14.7. The van der Waals surface area contributed by atoms with Crippen LogP contribution in [0.3, 0.4) is 0 Å². The molecule has 1 saturated carbocycles. The van der Waals surface area contributed by atoms with Gasteiger partial charge in [0.2, 0.25) is 0 Å². The van der Waals surface area contributed by atoms with Gasteiger partial charge in [0.05, 0.1) is 25.6 Å². The lowest BCUT2D eigenvalue weighted by atomic mass is 9.79. The van der Waals surface area contributed by atoms with Gasteiger partial charge in [0.15, 0.2) is 10.2 Å². The number of thiocarbonyl (C=S) groups is 2. The molecule has 0 aliphatic heterocycles. The van der Waals surface area contributed by atoms with Crippen LogP contribution in [-0.4, -0.2) is 47.8 Å². The predicted molar refractivity (Wildman–Crippen MR) is 95.0 cm³/mol. The summed E-state index contributed by atoms with van der Waals surface area (Å²) in [6.07, 6.45) is 0.139. The topological polar surface area (TPSA) is 153 Å². The van der Waals surface area contributed by atoms with E-state index in [0.29, 0.717) is 11.4 Å². The SMILES string of the molecule is COC(=O)[C@@H]1C/C(=N\NC(N)=S)[C@H](C(=O)OC)C/C1=N/NC(N)=S. The molecule has 0 saturated heterocycles. The Morgan fingerprint density at radius 3 is 1.54 bits per heavy atom. The molecule has 6 N–H and O–H groups in total. The van der Waals surface area contributed by atoms with Crippen LogP contribution in [0.2, 0.25) is 0 Å². The number of nitrogens with zero attached hydrogens (tertiary/aromatic N) is 2. The van der Waals surface area contributed by atoms with Gasteiger partial charge in [-0.2, -0.15) is 10.2 Å². The third-order valence-corrected chi connectivity index (χ3v) is 3.40. The highest BCUT2D eigenvalue weighted by atomic mass is 32.1. The van der Waals surface area contributed by atoms with Crippen molar-refractivity contribution in [3.63, 3.8) is 0 Å². The molecule has 0 amide bonds. The van der Waals surface area contributed by atoms with Crippen molar-refractivity contribution in [2.45, 2.75) is 12.8 Å². The second-order valence-electron chi connectivity index (χ2n) is 4.72. The lowest BCUT2D eigenvalue weighted by Gasteiger charge is -2.28. The van der Waals surface area contributed by atoms with Gasteiger partial charge >= 0.3 is 11.9 Å². The standard InChI is InChI=1S/C12H18N6O4S2/c1-21-9(19)5-3-8(16-18-12(14)24)6(10(20)22-2)4-7(5)15-17-11(13)23/h5-6H,3-4H2,1-2H3,(H3,13,17,23)(H3,14,18,24)/b15-7-,16-8+/t5-,6-/m1/s1. The maximum absolute atomic E-state index is 12.0. The van der Waals surface area contributed by atoms with E-state index in [1.165, 1.54) is 14.2 Å². The van der Waals surface area contributed by atoms with Crippen molar-refractivity contribution in [2.75, 3.05) is 14.2 Å². The first-order chi connectivity index (χ1) is 11.3. The van der Waals surface area contributed by atoms with Crippen LogP contribution in [0.5, 0.6) is 0 Å². The Hall–Kier alpha value is -2.34. The fraction of sp³-hybridized carbons (Fsp3) is 0.500. The number of ether oxygens (including phenoxy) is 2. The second kappa shape index (κ2) is 9.08.